The third-order valence-electron chi connectivity index (χ3n) is 1.87. The molecule has 3 heteroatoms. The summed E-state index contributed by atoms with van der Waals surface area (Å²) in [6.45, 7) is 0. The molecule has 1 heterocycles. The van der Waals surface area contributed by atoms with Crippen LogP contribution < -0.4 is 0 Å². The average molecular weight is 163 g/mol. The number of rotatable bonds is 1. The molecule has 0 aromatic heterocycles. The molecule has 0 radical (unpaired) electrons. The van der Waals surface area contributed by atoms with Gasteiger partial charge in [-0.3, -0.25) is 5.21 Å². The van der Waals surface area contributed by atoms with Gasteiger partial charge in [-0.05, 0) is 5.56 Å². The van der Waals surface area contributed by atoms with Crippen LogP contribution in [0.2, 0.25) is 0 Å². The summed E-state index contributed by atoms with van der Waals surface area (Å²) in [4.78, 5) is 5.50. The van der Waals surface area contributed by atoms with Crippen LogP contribution in [0.1, 0.15) is 18.1 Å². The maximum atomic E-state index is 10.7. The Kier molecular flexibility index (Phi) is 1.70. The summed E-state index contributed by atoms with van der Waals surface area (Å²) in [5, 5.41) is 10.7. The summed E-state index contributed by atoms with van der Waals surface area (Å²) in [5.74, 6) is 0. The Morgan fingerprint density at radius 2 is 2.08 bits per heavy atom. The molecule has 3 nitrogen and oxygen atoms in total. The van der Waals surface area contributed by atoms with E-state index in [1.165, 1.54) is 6.21 Å². The number of hydrogen-bond donors (Lipinski definition) is 0. The topological polar surface area (TPSA) is 35.3 Å². The summed E-state index contributed by atoms with van der Waals surface area (Å²) in [6, 6.07) is 9.73. The Hall–Kier alpha value is -1.51. The van der Waals surface area contributed by atoms with Gasteiger partial charge in [0.2, 0.25) is 6.21 Å². The predicted molar refractivity (Wildman–Crippen MR) is 44.6 cm³/mol. The van der Waals surface area contributed by atoms with E-state index >= 15 is 0 Å². The van der Waals surface area contributed by atoms with E-state index < -0.39 is 0 Å². The normalized spacial score (nSPS) is 21.7. The second-order valence-corrected chi connectivity index (χ2v) is 2.71. The molecule has 0 saturated heterocycles. The highest BCUT2D eigenvalue weighted by Gasteiger charge is 2.18. The van der Waals surface area contributed by atoms with E-state index in [1.54, 1.807) is 0 Å². The highest BCUT2D eigenvalue weighted by Crippen LogP contribution is 2.22. The zero-order valence-electron chi connectivity index (χ0n) is 6.51. The lowest BCUT2D eigenvalue weighted by Crippen LogP contribution is -2.01. The first-order valence-corrected chi connectivity index (χ1v) is 3.87. The summed E-state index contributed by atoms with van der Waals surface area (Å²) in [6.07, 6.45) is 2.06. The Labute approximate surface area is 70.4 Å². The van der Waals surface area contributed by atoms with Crippen LogP contribution in [0.5, 0.6) is 0 Å². The van der Waals surface area contributed by atoms with Crippen LogP contribution in [0.3, 0.4) is 0 Å². The van der Waals surface area contributed by atoms with Crippen molar-refractivity contribution in [3.63, 3.8) is 0 Å². The average Bonchev–Trinajstić information content (AvgIpc) is 2.54. The van der Waals surface area contributed by atoms with Crippen LogP contribution >= 0.6 is 0 Å². The summed E-state index contributed by atoms with van der Waals surface area (Å²) in [7, 11) is 0. The largest absolute Gasteiger partial charge is 0.395 e. The lowest BCUT2D eigenvalue weighted by atomic mass is 10.1. The van der Waals surface area contributed by atoms with Crippen LogP contribution in [-0.4, -0.2) is 11.1 Å². The van der Waals surface area contributed by atoms with Gasteiger partial charge < -0.3 is 4.84 Å². The molecule has 1 aromatic carbocycles. The highest BCUT2D eigenvalue weighted by molar-refractivity contribution is 5.53. The van der Waals surface area contributed by atoms with Crippen LogP contribution in [-0.2, 0) is 4.84 Å². The molecule has 0 spiro atoms. The summed E-state index contributed by atoms with van der Waals surface area (Å²) in [5.41, 5.74) is 1.05. The van der Waals surface area contributed by atoms with Crippen molar-refractivity contribution < 1.29 is 9.74 Å². The van der Waals surface area contributed by atoms with Gasteiger partial charge in [-0.25, -0.2) is 0 Å². The molecule has 1 atom stereocenters. The van der Waals surface area contributed by atoms with Crippen molar-refractivity contribution in [2.75, 3.05) is 0 Å². The van der Waals surface area contributed by atoms with E-state index in [0.717, 1.165) is 5.56 Å². The zero-order chi connectivity index (χ0) is 8.39. The fourth-order valence-corrected chi connectivity index (χ4v) is 1.26. The van der Waals surface area contributed by atoms with Gasteiger partial charge in [0, 0.05) is 4.90 Å². The Balaban J connectivity index is 2.14. The first-order chi connectivity index (χ1) is 5.86. The van der Waals surface area contributed by atoms with Crippen molar-refractivity contribution >= 4 is 6.21 Å². The molecule has 0 amide bonds. The minimum absolute atomic E-state index is 0.0938. The van der Waals surface area contributed by atoms with E-state index in [0.29, 0.717) is 11.3 Å². The molecule has 1 aliphatic heterocycles. The Morgan fingerprint density at radius 1 is 1.33 bits per heavy atom. The zero-order valence-corrected chi connectivity index (χ0v) is 6.51. The number of hydrogen-bond acceptors (Lipinski definition) is 2. The molecule has 12 heavy (non-hydrogen) atoms. The van der Waals surface area contributed by atoms with Gasteiger partial charge in [0.25, 0.3) is 0 Å². The lowest BCUT2D eigenvalue weighted by Gasteiger charge is -2.10. The minimum atomic E-state index is -0.0938. The van der Waals surface area contributed by atoms with Gasteiger partial charge in [0.1, 0.15) is 6.10 Å². The third kappa shape index (κ3) is 1.25. The van der Waals surface area contributed by atoms with Crippen LogP contribution in [0.4, 0.5) is 0 Å². The fraction of sp³-hybridized carbons (Fsp3) is 0.222. The predicted octanol–water partition coefficient (Wildman–Crippen LogP) is 1.64. The van der Waals surface area contributed by atoms with E-state index in [-0.39, 0.29) is 6.10 Å². The molecule has 1 aromatic rings. The second-order valence-electron chi connectivity index (χ2n) is 2.71. The fourth-order valence-electron chi connectivity index (χ4n) is 1.26. The summed E-state index contributed by atoms with van der Waals surface area (Å²) >= 11 is 0. The smallest absolute Gasteiger partial charge is 0.211 e. The van der Waals surface area contributed by atoms with Gasteiger partial charge in [-0.1, -0.05) is 30.3 Å². The molecule has 0 aliphatic carbocycles. The lowest BCUT2D eigenvalue weighted by molar-refractivity contribution is -0.740. The van der Waals surface area contributed by atoms with Crippen LogP contribution in [0.15, 0.2) is 30.3 Å². The Morgan fingerprint density at radius 3 is 2.67 bits per heavy atom. The van der Waals surface area contributed by atoms with E-state index in [2.05, 4.69) is 0 Å². The van der Waals surface area contributed by atoms with Gasteiger partial charge in [0.05, 0.1) is 6.42 Å². The number of nitrogens with zero attached hydrogens (tertiary/aromatic N) is 1. The van der Waals surface area contributed by atoms with Crippen molar-refractivity contribution in [2.24, 2.45) is 0 Å². The molecule has 0 saturated carbocycles. The molecule has 2 rings (SSSR count). The Bertz CT molecular complexity index is 295. The molecular weight excluding hydrogens is 154 g/mol. The monoisotopic (exact) mass is 163 g/mol. The minimum Gasteiger partial charge on any atom is -0.395 e. The summed E-state index contributed by atoms with van der Waals surface area (Å²) < 4.78 is 0. The van der Waals surface area contributed by atoms with Crippen molar-refractivity contribution in [3.8, 4) is 0 Å². The molecule has 1 unspecified atom stereocenters. The first-order valence-electron chi connectivity index (χ1n) is 3.87. The van der Waals surface area contributed by atoms with Crippen molar-refractivity contribution in [3.05, 3.63) is 41.1 Å². The molecule has 62 valence electrons. The first kappa shape index (κ1) is 7.16. The standard InChI is InChI=1S/C9H9NO2/c11-10-7-6-9(12-10)8-4-2-1-3-5-8/h1-5,7,9H,6H2. The number of benzene rings is 1. The molecular formula is C9H9NO2. The van der Waals surface area contributed by atoms with E-state index in [1.807, 2.05) is 30.3 Å². The quantitative estimate of drug-likeness (QED) is 0.590. The van der Waals surface area contributed by atoms with E-state index in [4.69, 9.17) is 4.84 Å². The van der Waals surface area contributed by atoms with Gasteiger partial charge in [-0.15, -0.1) is 0 Å². The maximum Gasteiger partial charge on any atom is 0.211 e. The SMILES string of the molecule is [O-][N+]1=CCC(c2ccccc2)O1. The van der Waals surface area contributed by atoms with Gasteiger partial charge >= 0.3 is 0 Å². The van der Waals surface area contributed by atoms with Crippen molar-refractivity contribution in [1.82, 2.24) is 0 Å². The molecule has 0 N–H and O–H groups in total. The van der Waals surface area contributed by atoms with Gasteiger partial charge in [-0.2, -0.15) is 0 Å². The molecule has 0 bridgehead atoms. The van der Waals surface area contributed by atoms with Crippen molar-refractivity contribution in [2.45, 2.75) is 12.5 Å². The van der Waals surface area contributed by atoms with E-state index in [9.17, 15) is 5.21 Å². The highest BCUT2D eigenvalue weighted by atomic mass is 16.9. The van der Waals surface area contributed by atoms with Gasteiger partial charge in [0.15, 0.2) is 0 Å². The van der Waals surface area contributed by atoms with Crippen molar-refractivity contribution in [1.29, 1.82) is 0 Å². The second kappa shape index (κ2) is 2.85. The van der Waals surface area contributed by atoms with Crippen LogP contribution in [0, 0.1) is 5.21 Å². The maximum absolute atomic E-state index is 10.7. The molecule has 1 aliphatic rings. The van der Waals surface area contributed by atoms with Crippen LogP contribution in [0.25, 0.3) is 0 Å². The third-order valence-corrected chi connectivity index (χ3v) is 1.87. The molecule has 0 fully saturated rings.